The van der Waals surface area contributed by atoms with Gasteiger partial charge in [-0.15, -0.1) is 4.09 Å². The Morgan fingerprint density at radius 2 is 1.94 bits per heavy atom. The Morgan fingerprint density at radius 3 is 2.59 bits per heavy atom. The molecule has 1 N–H and O–H groups in total. The summed E-state index contributed by atoms with van der Waals surface area (Å²) in [6.45, 7) is 5.67. The van der Waals surface area contributed by atoms with Gasteiger partial charge in [-0.05, 0) is 45.7 Å². The zero-order chi connectivity index (χ0) is 24.7. The van der Waals surface area contributed by atoms with Crippen LogP contribution in [0.25, 0.3) is 11.0 Å². The first-order valence-electron chi connectivity index (χ1n) is 10.6. The fraction of sp³-hybridized carbons (Fsp3) is 0.381. The summed E-state index contributed by atoms with van der Waals surface area (Å²) >= 11 is 0. The molecule has 3 heterocycles. The number of nitro groups is 1. The van der Waals surface area contributed by atoms with Crippen molar-refractivity contribution in [3.63, 3.8) is 0 Å². The number of amides is 1. The van der Waals surface area contributed by atoms with Crippen LogP contribution >= 0.6 is 0 Å². The average Bonchev–Trinajstić information content (AvgIpc) is 3.40. The fourth-order valence-electron chi connectivity index (χ4n) is 3.73. The molecule has 1 amide bonds. The molecule has 1 aliphatic heterocycles. The minimum Gasteiger partial charge on any atom is -0.444 e. The van der Waals surface area contributed by atoms with Gasteiger partial charge in [0.05, 0.1) is 21.4 Å². The molecule has 0 bridgehead atoms. The monoisotopic (exact) mass is 488 g/mol. The van der Waals surface area contributed by atoms with Crippen LogP contribution in [0.1, 0.15) is 33.6 Å². The Morgan fingerprint density at radius 1 is 1.24 bits per heavy atom. The molecule has 1 aliphatic rings. The zero-order valence-electron chi connectivity index (χ0n) is 18.8. The number of nitrogens with zero attached hydrogens (tertiary/aromatic N) is 5. The molecule has 1 aromatic carbocycles. The number of anilines is 1. The molecule has 0 spiro atoms. The van der Waals surface area contributed by atoms with Gasteiger partial charge in [-0.3, -0.25) is 15.0 Å². The maximum atomic E-state index is 13.1. The van der Waals surface area contributed by atoms with Gasteiger partial charge in [0.2, 0.25) is 0 Å². The number of rotatable bonds is 5. The second-order valence-corrected chi connectivity index (χ2v) is 10.6. The Balaban J connectivity index is 1.76. The summed E-state index contributed by atoms with van der Waals surface area (Å²) in [5, 5.41) is 18.9. The lowest BCUT2D eigenvalue weighted by atomic mass is 10.2. The maximum absolute atomic E-state index is 13.1. The highest BCUT2D eigenvalue weighted by atomic mass is 32.2. The molecule has 0 saturated carbocycles. The summed E-state index contributed by atoms with van der Waals surface area (Å²) in [5.74, 6) is 0. The molecule has 1 fully saturated rings. The van der Waals surface area contributed by atoms with E-state index in [9.17, 15) is 23.3 Å². The molecular weight excluding hydrogens is 464 g/mol. The first kappa shape index (κ1) is 23.4. The topological polar surface area (TPSA) is 150 Å². The number of carbonyl (C=O) groups is 1. The third kappa shape index (κ3) is 4.38. The second-order valence-electron chi connectivity index (χ2n) is 8.79. The quantitative estimate of drug-likeness (QED) is 0.421. The Hall–Kier alpha value is -3.74. The number of carbonyl (C=O) groups excluding carboxylic acids is 1. The zero-order valence-corrected chi connectivity index (χ0v) is 19.7. The van der Waals surface area contributed by atoms with Gasteiger partial charge in [0, 0.05) is 6.54 Å². The molecule has 0 aliphatic carbocycles. The molecule has 180 valence electrons. The van der Waals surface area contributed by atoms with Crippen LogP contribution in [0.3, 0.4) is 0 Å². The normalized spacial score (nSPS) is 16.6. The van der Waals surface area contributed by atoms with Gasteiger partial charge in [-0.2, -0.15) is 13.5 Å². The van der Waals surface area contributed by atoms with Crippen LogP contribution in [0.4, 0.5) is 16.2 Å². The van der Waals surface area contributed by atoms with E-state index in [2.05, 4.69) is 15.4 Å². The van der Waals surface area contributed by atoms with Crippen LogP contribution in [0.5, 0.6) is 0 Å². The predicted octanol–water partition coefficient (Wildman–Crippen LogP) is 3.35. The number of likely N-dealkylation sites (tertiary alicyclic amines) is 1. The van der Waals surface area contributed by atoms with Gasteiger partial charge in [0.1, 0.15) is 23.7 Å². The summed E-state index contributed by atoms with van der Waals surface area (Å²) in [4.78, 5) is 29.3. The standard InChI is InChI=1S/C21H24N6O6S/c1-21(2,3)33-20(28)25-11-7-10-17(25)24-18-15-12-23-26(19(15)22-13-16(18)27(29)30)34(31,32)14-8-5-4-6-9-14/h4-6,8-9,12-13,17H,7,10-11H2,1-3H3,(H,22,24). The smallest absolute Gasteiger partial charge is 0.411 e. The van der Waals surface area contributed by atoms with E-state index in [-0.39, 0.29) is 27.3 Å². The highest BCUT2D eigenvalue weighted by molar-refractivity contribution is 7.90. The number of pyridine rings is 1. The third-order valence-corrected chi connectivity index (χ3v) is 6.80. The van der Waals surface area contributed by atoms with Crippen LogP contribution in [0, 0.1) is 10.1 Å². The van der Waals surface area contributed by atoms with E-state index in [1.54, 1.807) is 39.0 Å². The van der Waals surface area contributed by atoms with Gasteiger partial charge in [-0.25, -0.2) is 9.78 Å². The van der Waals surface area contributed by atoms with Crippen LogP contribution < -0.4 is 5.32 Å². The minimum absolute atomic E-state index is 0.00144. The number of fused-ring (bicyclic) bond motifs is 1. The van der Waals surface area contributed by atoms with E-state index in [1.165, 1.54) is 23.2 Å². The van der Waals surface area contributed by atoms with E-state index < -0.39 is 32.8 Å². The summed E-state index contributed by atoms with van der Waals surface area (Å²) in [6.07, 6.45) is 2.25. The lowest BCUT2D eigenvalue weighted by Crippen LogP contribution is -2.43. The molecule has 2 aromatic heterocycles. The SMILES string of the molecule is CC(C)(C)OC(=O)N1CCCC1Nc1c([N+](=O)[O-])cnc2c1cnn2S(=O)(=O)c1ccccc1. The molecule has 1 unspecified atom stereocenters. The number of hydrogen-bond acceptors (Lipinski definition) is 9. The van der Waals surface area contributed by atoms with Gasteiger partial charge >= 0.3 is 11.8 Å². The van der Waals surface area contributed by atoms with E-state index in [4.69, 9.17) is 4.74 Å². The summed E-state index contributed by atoms with van der Waals surface area (Å²) in [7, 11) is -4.08. The van der Waals surface area contributed by atoms with Gasteiger partial charge < -0.3 is 10.1 Å². The average molecular weight is 489 g/mol. The van der Waals surface area contributed by atoms with Crippen LogP contribution in [-0.2, 0) is 14.8 Å². The van der Waals surface area contributed by atoms with Crippen molar-refractivity contribution in [3.05, 3.63) is 52.8 Å². The second kappa shape index (κ2) is 8.56. The van der Waals surface area contributed by atoms with Crippen molar-refractivity contribution in [2.75, 3.05) is 11.9 Å². The van der Waals surface area contributed by atoms with E-state index in [1.807, 2.05) is 0 Å². The molecule has 13 heteroatoms. The van der Waals surface area contributed by atoms with Crippen molar-refractivity contribution in [2.24, 2.45) is 0 Å². The van der Waals surface area contributed by atoms with Crippen LogP contribution in [-0.4, -0.2) is 56.8 Å². The highest BCUT2D eigenvalue weighted by Gasteiger charge is 2.35. The van der Waals surface area contributed by atoms with Gasteiger partial charge in [0.25, 0.3) is 10.0 Å². The molecule has 1 atom stereocenters. The third-order valence-electron chi connectivity index (χ3n) is 5.21. The highest BCUT2D eigenvalue weighted by Crippen LogP contribution is 2.35. The van der Waals surface area contributed by atoms with Gasteiger partial charge in [-0.1, -0.05) is 18.2 Å². The van der Waals surface area contributed by atoms with Crippen molar-refractivity contribution in [3.8, 4) is 0 Å². The lowest BCUT2D eigenvalue weighted by molar-refractivity contribution is -0.384. The molecular formula is C21H24N6O6S. The summed E-state index contributed by atoms with van der Waals surface area (Å²) in [6, 6.07) is 7.68. The molecule has 0 radical (unpaired) electrons. The number of nitrogens with one attached hydrogen (secondary N) is 1. The first-order valence-corrected chi connectivity index (χ1v) is 12.0. The first-order chi connectivity index (χ1) is 16.0. The number of benzene rings is 1. The molecule has 12 nitrogen and oxygen atoms in total. The predicted molar refractivity (Wildman–Crippen MR) is 123 cm³/mol. The van der Waals surface area contributed by atoms with E-state index >= 15 is 0 Å². The molecule has 1 saturated heterocycles. The summed E-state index contributed by atoms with van der Waals surface area (Å²) < 4.78 is 32.4. The number of hydrogen-bond donors (Lipinski definition) is 1. The van der Waals surface area contributed by atoms with Crippen molar-refractivity contribution in [2.45, 2.75) is 50.3 Å². The van der Waals surface area contributed by atoms with Gasteiger partial charge in [0.15, 0.2) is 5.65 Å². The Labute approximate surface area is 195 Å². The number of ether oxygens (including phenoxy) is 1. The molecule has 3 aromatic rings. The van der Waals surface area contributed by atoms with Crippen molar-refractivity contribution in [1.82, 2.24) is 19.1 Å². The summed E-state index contributed by atoms with van der Waals surface area (Å²) in [5.41, 5.74) is -1.10. The maximum Gasteiger partial charge on any atom is 0.411 e. The fourth-order valence-corrected chi connectivity index (χ4v) is 4.97. The molecule has 4 rings (SSSR count). The van der Waals surface area contributed by atoms with Crippen LogP contribution in [0.2, 0.25) is 0 Å². The Bertz CT molecular complexity index is 1350. The van der Waals surface area contributed by atoms with Crippen LogP contribution in [0.15, 0.2) is 47.6 Å². The minimum atomic E-state index is -4.08. The van der Waals surface area contributed by atoms with Crippen molar-refractivity contribution in [1.29, 1.82) is 0 Å². The van der Waals surface area contributed by atoms with E-state index in [0.29, 0.717) is 19.4 Å². The number of aromatic nitrogens is 3. The largest absolute Gasteiger partial charge is 0.444 e. The lowest BCUT2D eigenvalue weighted by Gasteiger charge is -2.29. The van der Waals surface area contributed by atoms with Crippen molar-refractivity contribution >= 4 is 38.5 Å². The Kier molecular flexibility index (Phi) is 5.89. The van der Waals surface area contributed by atoms with Crippen molar-refractivity contribution < 1.29 is 22.9 Å². The van der Waals surface area contributed by atoms with E-state index in [0.717, 1.165) is 10.3 Å². The molecule has 34 heavy (non-hydrogen) atoms.